The molecule has 0 aromatic rings. The molecule has 2 aliphatic heterocycles. The summed E-state index contributed by atoms with van der Waals surface area (Å²) < 4.78 is 11.7. The maximum Gasteiger partial charge on any atom is 0.196 e. The molecule has 2 N–H and O–H groups in total. The minimum absolute atomic E-state index is 0.00352. The van der Waals surface area contributed by atoms with Gasteiger partial charge in [-0.3, -0.25) is 4.79 Å². The maximum atomic E-state index is 12.6. The Morgan fingerprint density at radius 1 is 1.45 bits per heavy atom. The molecule has 6 unspecified atom stereocenters. The standard InChI is InChI=1S/C17H22O5/c1-8(2)9-5-13(18)16(3)11(9)4-10-14(22-16)12-6-17(20,7-21-12)15(10)19/h9,11-13,18,20H,1,4-7H2,2-3H3. The Morgan fingerprint density at radius 3 is 2.86 bits per heavy atom. The van der Waals surface area contributed by atoms with Crippen molar-refractivity contribution >= 4 is 5.78 Å². The van der Waals surface area contributed by atoms with E-state index >= 15 is 0 Å². The largest absolute Gasteiger partial charge is 0.486 e. The Balaban J connectivity index is 1.78. The van der Waals surface area contributed by atoms with Gasteiger partial charge in [0.15, 0.2) is 11.4 Å². The molecule has 22 heavy (non-hydrogen) atoms. The van der Waals surface area contributed by atoms with Crippen molar-refractivity contribution in [1.82, 2.24) is 0 Å². The van der Waals surface area contributed by atoms with Crippen LogP contribution in [0.1, 0.15) is 33.1 Å². The quantitative estimate of drug-likeness (QED) is 0.709. The van der Waals surface area contributed by atoms with Crippen LogP contribution in [0.3, 0.4) is 0 Å². The summed E-state index contributed by atoms with van der Waals surface area (Å²) >= 11 is 0. The van der Waals surface area contributed by atoms with Gasteiger partial charge in [0.25, 0.3) is 0 Å². The molecule has 2 heterocycles. The Labute approximate surface area is 129 Å². The second-order valence-electron chi connectivity index (χ2n) is 7.51. The van der Waals surface area contributed by atoms with Gasteiger partial charge < -0.3 is 19.7 Å². The molecule has 120 valence electrons. The topological polar surface area (TPSA) is 76.0 Å². The van der Waals surface area contributed by atoms with E-state index < -0.39 is 17.3 Å². The number of Topliss-reactive ketones (excluding diaryl/α,β-unsaturated/α-hetero) is 1. The third kappa shape index (κ3) is 1.62. The molecule has 5 heteroatoms. The van der Waals surface area contributed by atoms with E-state index in [1.807, 2.05) is 13.8 Å². The van der Waals surface area contributed by atoms with Gasteiger partial charge in [0.2, 0.25) is 0 Å². The third-order valence-electron chi connectivity index (χ3n) is 6.08. The number of allylic oxidation sites excluding steroid dienone is 1. The SMILES string of the molecule is C=C(C)C1CC(O)C2(C)OC3=C(CC12)C(=O)C1(O)COC3C1. The van der Waals surface area contributed by atoms with Crippen LogP contribution < -0.4 is 0 Å². The second kappa shape index (κ2) is 4.22. The Bertz CT molecular complexity index is 608. The van der Waals surface area contributed by atoms with E-state index in [4.69, 9.17) is 9.47 Å². The van der Waals surface area contributed by atoms with Gasteiger partial charge in [0, 0.05) is 17.9 Å². The van der Waals surface area contributed by atoms with E-state index in [2.05, 4.69) is 6.58 Å². The summed E-state index contributed by atoms with van der Waals surface area (Å²) in [6, 6.07) is 0. The van der Waals surface area contributed by atoms with Crippen molar-refractivity contribution in [3.8, 4) is 0 Å². The number of aliphatic hydroxyl groups is 2. The van der Waals surface area contributed by atoms with Crippen LogP contribution in [0.4, 0.5) is 0 Å². The highest BCUT2D eigenvalue weighted by atomic mass is 16.6. The Kier molecular flexibility index (Phi) is 2.77. The third-order valence-corrected chi connectivity index (χ3v) is 6.08. The fourth-order valence-electron chi connectivity index (χ4n) is 4.67. The molecule has 0 amide bonds. The Morgan fingerprint density at radius 2 is 2.18 bits per heavy atom. The van der Waals surface area contributed by atoms with Crippen molar-refractivity contribution in [3.63, 3.8) is 0 Å². The van der Waals surface area contributed by atoms with Gasteiger partial charge in [-0.05, 0) is 32.6 Å². The summed E-state index contributed by atoms with van der Waals surface area (Å²) in [7, 11) is 0. The van der Waals surface area contributed by atoms with E-state index in [0.29, 0.717) is 24.2 Å². The molecule has 0 aromatic heterocycles. The fourth-order valence-corrected chi connectivity index (χ4v) is 4.67. The number of rotatable bonds is 1. The van der Waals surface area contributed by atoms with E-state index in [0.717, 1.165) is 5.57 Å². The summed E-state index contributed by atoms with van der Waals surface area (Å²) in [5, 5.41) is 20.9. The maximum absolute atomic E-state index is 12.6. The highest BCUT2D eigenvalue weighted by Gasteiger charge is 2.62. The van der Waals surface area contributed by atoms with E-state index in [1.165, 1.54) is 0 Å². The number of carbonyl (C=O) groups is 1. The first kappa shape index (κ1) is 14.4. The van der Waals surface area contributed by atoms with Gasteiger partial charge in [0.05, 0.1) is 12.7 Å². The van der Waals surface area contributed by atoms with Gasteiger partial charge in [-0.2, -0.15) is 0 Å². The number of hydrogen-bond acceptors (Lipinski definition) is 5. The van der Waals surface area contributed by atoms with Crippen molar-refractivity contribution in [2.24, 2.45) is 11.8 Å². The van der Waals surface area contributed by atoms with Crippen LogP contribution in [0.25, 0.3) is 0 Å². The van der Waals surface area contributed by atoms with Crippen molar-refractivity contribution in [2.75, 3.05) is 6.61 Å². The lowest BCUT2D eigenvalue weighted by molar-refractivity contribution is -0.140. The van der Waals surface area contributed by atoms with E-state index in [9.17, 15) is 15.0 Å². The molecule has 6 atom stereocenters. The molecular weight excluding hydrogens is 284 g/mol. The van der Waals surface area contributed by atoms with Gasteiger partial charge in [0.1, 0.15) is 17.5 Å². The highest BCUT2D eigenvalue weighted by molar-refractivity contribution is 6.04. The Hall–Kier alpha value is -1.17. The molecule has 0 aromatic carbocycles. The van der Waals surface area contributed by atoms with Crippen molar-refractivity contribution in [1.29, 1.82) is 0 Å². The van der Waals surface area contributed by atoms with Crippen molar-refractivity contribution in [3.05, 3.63) is 23.5 Å². The minimum atomic E-state index is -1.39. The summed E-state index contributed by atoms with van der Waals surface area (Å²) in [5.41, 5.74) is -0.554. The molecular formula is C17H22O5. The summed E-state index contributed by atoms with van der Waals surface area (Å²) in [5.74, 6) is 0.397. The van der Waals surface area contributed by atoms with Crippen LogP contribution in [-0.2, 0) is 14.3 Å². The number of carbonyl (C=O) groups excluding carboxylic acids is 1. The van der Waals surface area contributed by atoms with Crippen LogP contribution in [0, 0.1) is 11.8 Å². The molecule has 2 fully saturated rings. The zero-order valence-corrected chi connectivity index (χ0v) is 13.0. The predicted octanol–water partition coefficient (Wildman–Crippen LogP) is 1.10. The van der Waals surface area contributed by atoms with Gasteiger partial charge >= 0.3 is 0 Å². The summed E-state index contributed by atoms with van der Waals surface area (Å²) in [6.45, 7) is 7.93. The number of ketones is 1. The molecule has 1 saturated heterocycles. The zero-order chi connectivity index (χ0) is 15.9. The van der Waals surface area contributed by atoms with Crippen LogP contribution >= 0.6 is 0 Å². The van der Waals surface area contributed by atoms with Crippen LogP contribution in [0.2, 0.25) is 0 Å². The lowest BCUT2D eigenvalue weighted by Crippen LogP contribution is -2.52. The first-order chi connectivity index (χ1) is 10.3. The summed E-state index contributed by atoms with van der Waals surface area (Å²) in [4.78, 5) is 12.6. The predicted molar refractivity (Wildman–Crippen MR) is 77.9 cm³/mol. The number of hydrogen-bond donors (Lipinski definition) is 2. The molecule has 4 rings (SSSR count). The lowest BCUT2D eigenvalue weighted by atomic mass is 9.72. The lowest BCUT2D eigenvalue weighted by Gasteiger charge is -2.45. The van der Waals surface area contributed by atoms with Gasteiger partial charge in [-0.25, -0.2) is 0 Å². The first-order valence-corrected chi connectivity index (χ1v) is 7.90. The second-order valence-corrected chi connectivity index (χ2v) is 7.51. The van der Waals surface area contributed by atoms with Crippen LogP contribution in [-0.4, -0.2) is 46.0 Å². The molecule has 4 aliphatic rings. The molecule has 2 bridgehead atoms. The molecule has 2 aliphatic carbocycles. The summed E-state index contributed by atoms with van der Waals surface area (Å²) in [6.07, 6.45) is 0.408. The number of aliphatic hydroxyl groups excluding tert-OH is 1. The fraction of sp³-hybridized carbons (Fsp3) is 0.706. The molecule has 1 saturated carbocycles. The first-order valence-electron chi connectivity index (χ1n) is 7.90. The van der Waals surface area contributed by atoms with E-state index in [-0.39, 0.29) is 36.8 Å². The minimum Gasteiger partial charge on any atom is -0.486 e. The zero-order valence-electron chi connectivity index (χ0n) is 13.0. The number of ether oxygens (including phenoxy) is 2. The monoisotopic (exact) mass is 306 g/mol. The molecule has 5 nitrogen and oxygen atoms in total. The van der Waals surface area contributed by atoms with E-state index in [1.54, 1.807) is 0 Å². The molecule has 0 spiro atoms. The van der Waals surface area contributed by atoms with Gasteiger partial charge in [-0.1, -0.05) is 12.2 Å². The van der Waals surface area contributed by atoms with Crippen molar-refractivity contribution in [2.45, 2.75) is 56.5 Å². The van der Waals surface area contributed by atoms with Gasteiger partial charge in [-0.15, -0.1) is 0 Å². The average Bonchev–Trinajstić information content (AvgIpc) is 2.94. The van der Waals surface area contributed by atoms with Crippen LogP contribution in [0.15, 0.2) is 23.5 Å². The normalized spacial score (nSPS) is 49.7. The number of fused-ring (bicyclic) bond motifs is 4. The molecule has 0 radical (unpaired) electrons. The van der Waals surface area contributed by atoms with Crippen LogP contribution in [0.5, 0.6) is 0 Å². The smallest absolute Gasteiger partial charge is 0.196 e. The average molecular weight is 306 g/mol. The highest BCUT2D eigenvalue weighted by Crippen LogP contribution is 2.55. The van der Waals surface area contributed by atoms with Crippen molar-refractivity contribution < 1.29 is 24.5 Å².